The summed E-state index contributed by atoms with van der Waals surface area (Å²) in [6, 6.07) is 9.85. The third-order valence-corrected chi connectivity index (χ3v) is 2.68. The molecule has 0 aliphatic rings. The maximum Gasteiger partial charge on any atom is 0.290 e. The molecule has 4 N–H and O–H groups in total. The van der Waals surface area contributed by atoms with Crippen molar-refractivity contribution < 1.29 is 0 Å². The molecule has 0 aliphatic carbocycles. The van der Waals surface area contributed by atoms with Crippen molar-refractivity contribution in [3.63, 3.8) is 0 Å². The Hall–Kier alpha value is -2.14. The van der Waals surface area contributed by atoms with Crippen LogP contribution < -0.4 is 16.6 Å². The van der Waals surface area contributed by atoms with Gasteiger partial charge in [0.2, 0.25) is 0 Å². The summed E-state index contributed by atoms with van der Waals surface area (Å²) < 4.78 is 0. The van der Waals surface area contributed by atoms with Gasteiger partial charge >= 0.3 is 0 Å². The first-order valence-corrected chi connectivity index (χ1v) is 5.85. The van der Waals surface area contributed by atoms with Gasteiger partial charge in [-0.1, -0.05) is 30.3 Å². The van der Waals surface area contributed by atoms with E-state index in [4.69, 9.17) is 5.73 Å². The van der Waals surface area contributed by atoms with Gasteiger partial charge in [-0.05, 0) is 12.0 Å². The zero-order valence-electron chi connectivity index (χ0n) is 9.97. The predicted molar refractivity (Wildman–Crippen MR) is 71.3 cm³/mol. The van der Waals surface area contributed by atoms with Crippen molar-refractivity contribution in [1.29, 1.82) is 0 Å². The molecule has 0 radical (unpaired) electrons. The number of H-pyrrole nitrogens is 1. The number of nitrogens with one attached hydrogen (secondary N) is 2. The molecular formula is C13H16N4O. The molecule has 0 bridgehead atoms. The van der Waals surface area contributed by atoms with Gasteiger partial charge in [-0.3, -0.25) is 4.79 Å². The fourth-order valence-corrected chi connectivity index (χ4v) is 1.69. The highest BCUT2D eigenvalue weighted by atomic mass is 16.1. The summed E-state index contributed by atoms with van der Waals surface area (Å²) in [5.41, 5.74) is 6.93. The smallest absolute Gasteiger partial charge is 0.290 e. The van der Waals surface area contributed by atoms with E-state index in [9.17, 15) is 4.79 Å². The lowest BCUT2D eigenvalue weighted by atomic mass is 10.1. The number of rotatable bonds is 5. The van der Waals surface area contributed by atoms with E-state index in [1.807, 2.05) is 30.3 Å². The molecular weight excluding hydrogens is 228 g/mol. The number of nitrogens with zero attached hydrogens (tertiary/aromatic N) is 1. The van der Waals surface area contributed by atoms with Crippen molar-refractivity contribution in [2.24, 2.45) is 5.73 Å². The zero-order chi connectivity index (χ0) is 12.8. The Balaban J connectivity index is 1.86. The fourth-order valence-electron chi connectivity index (χ4n) is 1.69. The molecule has 0 saturated carbocycles. The van der Waals surface area contributed by atoms with Crippen LogP contribution in [-0.4, -0.2) is 16.5 Å². The van der Waals surface area contributed by atoms with E-state index < -0.39 is 0 Å². The highest BCUT2D eigenvalue weighted by Crippen LogP contribution is 2.12. The highest BCUT2D eigenvalue weighted by molar-refractivity contribution is 5.30. The van der Waals surface area contributed by atoms with Crippen molar-refractivity contribution in [2.45, 2.75) is 12.5 Å². The molecule has 0 fully saturated rings. The van der Waals surface area contributed by atoms with E-state index in [0.717, 1.165) is 12.0 Å². The first-order valence-electron chi connectivity index (χ1n) is 5.85. The fraction of sp³-hybridized carbons (Fsp3) is 0.231. The average Bonchev–Trinajstić information content (AvgIpc) is 2.42. The minimum atomic E-state index is -0.217. The molecule has 18 heavy (non-hydrogen) atoms. The summed E-state index contributed by atoms with van der Waals surface area (Å²) in [5, 5.41) is 2.98. The Bertz CT molecular complexity index is 538. The van der Waals surface area contributed by atoms with Crippen LogP contribution in [0, 0.1) is 0 Å². The molecule has 0 aliphatic heterocycles. The molecule has 0 amide bonds. The molecule has 5 nitrogen and oxygen atoms in total. The van der Waals surface area contributed by atoms with Gasteiger partial charge in [-0.15, -0.1) is 0 Å². The Morgan fingerprint density at radius 1 is 1.33 bits per heavy atom. The summed E-state index contributed by atoms with van der Waals surface area (Å²) in [6.45, 7) is 0.607. The van der Waals surface area contributed by atoms with Crippen molar-refractivity contribution in [3.8, 4) is 0 Å². The molecule has 1 heterocycles. The molecule has 2 rings (SSSR count). The van der Waals surface area contributed by atoms with Crippen molar-refractivity contribution in [3.05, 3.63) is 58.6 Å². The largest absolute Gasteiger partial charge is 0.365 e. The Morgan fingerprint density at radius 3 is 2.83 bits per heavy atom. The Labute approximate surface area is 105 Å². The second kappa shape index (κ2) is 5.97. The van der Waals surface area contributed by atoms with Gasteiger partial charge in [0.05, 0.1) is 0 Å². The van der Waals surface area contributed by atoms with E-state index in [1.54, 1.807) is 6.20 Å². The standard InChI is InChI=1S/C13H16N4O/c14-11(10-4-2-1-3-5-10)6-7-15-12-13(18)17-9-8-16-12/h1-5,8-9,11H,6-7,14H2,(H,15,16)(H,17,18). The monoisotopic (exact) mass is 244 g/mol. The number of hydrogen-bond acceptors (Lipinski definition) is 4. The molecule has 94 valence electrons. The Morgan fingerprint density at radius 2 is 2.11 bits per heavy atom. The van der Waals surface area contributed by atoms with E-state index >= 15 is 0 Å². The van der Waals surface area contributed by atoms with E-state index in [0.29, 0.717) is 12.4 Å². The van der Waals surface area contributed by atoms with Crippen LogP contribution >= 0.6 is 0 Å². The van der Waals surface area contributed by atoms with Gasteiger partial charge in [0, 0.05) is 25.0 Å². The van der Waals surface area contributed by atoms with Gasteiger partial charge in [0.25, 0.3) is 5.56 Å². The van der Waals surface area contributed by atoms with Crippen LogP contribution in [-0.2, 0) is 0 Å². The number of benzene rings is 1. The van der Waals surface area contributed by atoms with Crippen LogP contribution in [0.4, 0.5) is 5.82 Å². The van der Waals surface area contributed by atoms with Gasteiger partial charge in [-0.25, -0.2) is 4.98 Å². The summed E-state index contributed by atoms with van der Waals surface area (Å²) in [7, 11) is 0. The molecule has 0 saturated heterocycles. The van der Waals surface area contributed by atoms with Crippen LogP contribution in [0.25, 0.3) is 0 Å². The highest BCUT2D eigenvalue weighted by Gasteiger charge is 2.05. The normalized spacial score (nSPS) is 12.1. The number of anilines is 1. The molecule has 1 aromatic heterocycles. The minimum absolute atomic E-state index is 0.0403. The van der Waals surface area contributed by atoms with Crippen LogP contribution in [0.2, 0.25) is 0 Å². The molecule has 0 spiro atoms. The van der Waals surface area contributed by atoms with E-state index in [-0.39, 0.29) is 11.6 Å². The van der Waals surface area contributed by atoms with Gasteiger partial charge < -0.3 is 16.0 Å². The maximum absolute atomic E-state index is 11.4. The van der Waals surface area contributed by atoms with E-state index in [2.05, 4.69) is 15.3 Å². The first kappa shape index (κ1) is 12.3. The van der Waals surface area contributed by atoms with Crippen LogP contribution in [0.15, 0.2) is 47.5 Å². The van der Waals surface area contributed by atoms with Crippen molar-refractivity contribution in [1.82, 2.24) is 9.97 Å². The second-order valence-corrected chi connectivity index (χ2v) is 4.00. The maximum atomic E-state index is 11.4. The molecule has 1 atom stereocenters. The SMILES string of the molecule is NC(CCNc1ncc[nH]c1=O)c1ccccc1. The number of nitrogens with two attached hydrogens (primary N) is 1. The average molecular weight is 244 g/mol. The number of aromatic amines is 1. The van der Waals surface area contributed by atoms with Crippen LogP contribution in [0.3, 0.4) is 0 Å². The van der Waals surface area contributed by atoms with Crippen LogP contribution in [0.5, 0.6) is 0 Å². The molecule has 1 unspecified atom stereocenters. The lowest BCUT2D eigenvalue weighted by Gasteiger charge is -2.12. The summed E-state index contributed by atoms with van der Waals surface area (Å²) in [4.78, 5) is 17.9. The van der Waals surface area contributed by atoms with E-state index in [1.165, 1.54) is 6.20 Å². The first-order chi connectivity index (χ1) is 8.77. The zero-order valence-corrected chi connectivity index (χ0v) is 9.97. The predicted octanol–water partition coefficient (Wildman–Crippen LogP) is 1.27. The van der Waals surface area contributed by atoms with Crippen LogP contribution in [0.1, 0.15) is 18.0 Å². The Kier molecular flexibility index (Phi) is 4.09. The second-order valence-electron chi connectivity index (χ2n) is 4.00. The summed E-state index contributed by atoms with van der Waals surface area (Å²) in [6.07, 6.45) is 3.78. The van der Waals surface area contributed by atoms with Crippen molar-refractivity contribution in [2.75, 3.05) is 11.9 Å². The molecule has 2 aromatic rings. The van der Waals surface area contributed by atoms with Gasteiger partial charge in [0.15, 0.2) is 5.82 Å². The number of hydrogen-bond donors (Lipinski definition) is 3. The summed E-state index contributed by atoms with van der Waals surface area (Å²) in [5.74, 6) is 0.331. The lowest BCUT2D eigenvalue weighted by Crippen LogP contribution is -2.19. The topological polar surface area (TPSA) is 83.8 Å². The third-order valence-electron chi connectivity index (χ3n) is 2.68. The molecule has 1 aromatic carbocycles. The lowest BCUT2D eigenvalue weighted by molar-refractivity contribution is 0.673. The summed E-state index contributed by atoms with van der Waals surface area (Å²) >= 11 is 0. The third kappa shape index (κ3) is 3.18. The number of aromatic nitrogens is 2. The molecule has 5 heteroatoms. The quantitative estimate of drug-likeness (QED) is 0.739. The van der Waals surface area contributed by atoms with Gasteiger partial charge in [0.1, 0.15) is 0 Å². The van der Waals surface area contributed by atoms with Gasteiger partial charge in [-0.2, -0.15) is 0 Å². The minimum Gasteiger partial charge on any atom is -0.365 e. The van der Waals surface area contributed by atoms with Crippen molar-refractivity contribution >= 4 is 5.82 Å².